The summed E-state index contributed by atoms with van der Waals surface area (Å²) in [7, 11) is 0. The normalized spacial score (nSPS) is 43.4. The zero-order valence-corrected chi connectivity index (χ0v) is 7.51. The van der Waals surface area contributed by atoms with Crippen LogP contribution in [-0.2, 0) is 14.3 Å². The summed E-state index contributed by atoms with van der Waals surface area (Å²) >= 11 is 0. The molecule has 2 bridgehead atoms. The van der Waals surface area contributed by atoms with Crippen molar-refractivity contribution in [2.24, 2.45) is 16.7 Å². The van der Waals surface area contributed by atoms with Crippen molar-refractivity contribution in [3.8, 4) is 0 Å². The molecule has 0 aromatic heterocycles. The number of ether oxygens (including phenoxy) is 1. The van der Waals surface area contributed by atoms with E-state index >= 15 is 0 Å². The van der Waals surface area contributed by atoms with Crippen LogP contribution in [0.3, 0.4) is 0 Å². The summed E-state index contributed by atoms with van der Waals surface area (Å²) in [5.41, 5.74) is -0.634. The molecule has 2 unspecified atom stereocenters. The smallest absolute Gasteiger partial charge is 0.320 e. The molecule has 12 heavy (non-hydrogen) atoms. The number of carbonyl (C=O) groups is 2. The standard InChI is InChI=1S/C9H12O3/c1-8(2)5-4-9(8,3)7(11)12-6(5)10/h5H,4H2,1-3H3. The molecule has 0 spiro atoms. The summed E-state index contributed by atoms with van der Waals surface area (Å²) in [5, 5.41) is 0. The maximum Gasteiger partial charge on any atom is 0.320 e. The first-order chi connectivity index (χ1) is 5.39. The zero-order chi connectivity index (χ0) is 9.15. The van der Waals surface area contributed by atoms with Crippen molar-refractivity contribution in [3.05, 3.63) is 0 Å². The van der Waals surface area contributed by atoms with Gasteiger partial charge in [-0.05, 0) is 18.8 Å². The highest BCUT2D eigenvalue weighted by atomic mass is 16.6. The highest BCUT2D eigenvalue weighted by Gasteiger charge is 2.69. The van der Waals surface area contributed by atoms with Crippen LogP contribution in [0.4, 0.5) is 0 Å². The lowest BCUT2D eigenvalue weighted by atomic mass is 9.44. The van der Waals surface area contributed by atoms with Crippen LogP contribution in [0, 0.1) is 16.7 Å². The molecule has 3 aliphatic rings. The Balaban J connectivity index is 2.43. The molecular formula is C9H12O3. The average Bonchev–Trinajstić information content (AvgIpc) is 1.96. The van der Waals surface area contributed by atoms with E-state index in [0.29, 0.717) is 6.42 Å². The largest absolute Gasteiger partial charge is 0.392 e. The topological polar surface area (TPSA) is 43.4 Å². The Bertz CT molecular complexity index is 279. The predicted octanol–water partition coefficient (Wildman–Crippen LogP) is 1.12. The number of carbonyl (C=O) groups excluding carboxylic acids is 2. The number of rotatable bonds is 0. The minimum absolute atomic E-state index is 0.0693. The number of esters is 2. The van der Waals surface area contributed by atoms with Gasteiger partial charge in [-0.15, -0.1) is 0 Å². The van der Waals surface area contributed by atoms with Crippen LogP contribution in [0.2, 0.25) is 0 Å². The second-order valence-corrected chi connectivity index (χ2v) is 4.52. The van der Waals surface area contributed by atoms with E-state index in [4.69, 9.17) is 0 Å². The Morgan fingerprint density at radius 3 is 2.33 bits per heavy atom. The third-order valence-corrected chi connectivity index (χ3v) is 3.83. The number of fused-ring (bicyclic) bond motifs is 2. The summed E-state index contributed by atoms with van der Waals surface area (Å²) in [6, 6.07) is 0. The fourth-order valence-corrected chi connectivity index (χ4v) is 2.18. The Kier molecular flexibility index (Phi) is 1.12. The Morgan fingerprint density at radius 2 is 1.92 bits per heavy atom. The van der Waals surface area contributed by atoms with E-state index in [2.05, 4.69) is 4.74 Å². The SMILES string of the molecule is CC12CC(C(=O)OC1=O)C2(C)C. The van der Waals surface area contributed by atoms with Crippen LogP contribution in [0.25, 0.3) is 0 Å². The summed E-state index contributed by atoms with van der Waals surface area (Å²) in [6.07, 6.45) is 0.664. The van der Waals surface area contributed by atoms with E-state index in [0.717, 1.165) is 0 Å². The van der Waals surface area contributed by atoms with Crippen molar-refractivity contribution in [2.75, 3.05) is 0 Å². The van der Waals surface area contributed by atoms with Gasteiger partial charge >= 0.3 is 11.9 Å². The molecule has 3 fully saturated rings. The van der Waals surface area contributed by atoms with Crippen molar-refractivity contribution >= 4 is 11.9 Å². The maximum absolute atomic E-state index is 11.3. The van der Waals surface area contributed by atoms with Gasteiger partial charge in [-0.3, -0.25) is 9.59 Å². The molecule has 2 atom stereocenters. The van der Waals surface area contributed by atoms with Crippen molar-refractivity contribution in [1.29, 1.82) is 0 Å². The van der Waals surface area contributed by atoms with E-state index in [9.17, 15) is 9.59 Å². The molecule has 3 heteroatoms. The van der Waals surface area contributed by atoms with E-state index in [-0.39, 0.29) is 23.3 Å². The molecule has 0 amide bonds. The molecule has 0 N–H and O–H groups in total. The summed E-state index contributed by atoms with van der Waals surface area (Å²) in [6.45, 7) is 5.79. The fourth-order valence-electron chi connectivity index (χ4n) is 2.18. The van der Waals surface area contributed by atoms with Crippen LogP contribution in [0.15, 0.2) is 0 Å². The first-order valence-corrected chi connectivity index (χ1v) is 4.16. The quantitative estimate of drug-likeness (QED) is 0.402. The highest BCUT2D eigenvalue weighted by Crippen LogP contribution is 2.63. The lowest BCUT2D eigenvalue weighted by Crippen LogP contribution is -2.65. The summed E-state index contributed by atoms with van der Waals surface area (Å²) in [4.78, 5) is 22.5. The van der Waals surface area contributed by atoms with Crippen molar-refractivity contribution < 1.29 is 14.3 Å². The Labute approximate surface area is 71.1 Å². The van der Waals surface area contributed by atoms with Crippen molar-refractivity contribution in [1.82, 2.24) is 0 Å². The van der Waals surface area contributed by atoms with Crippen LogP contribution in [-0.4, -0.2) is 11.9 Å². The fraction of sp³-hybridized carbons (Fsp3) is 0.778. The minimum Gasteiger partial charge on any atom is -0.392 e. The summed E-state index contributed by atoms with van der Waals surface area (Å²) < 4.78 is 4.61. The number of hydrogen-bond acceptors (Lipinski definition) is 3. The van der Waals surface area contributed by atoms with Crippen LogP contribution in [0.1, 0.15) is 27.2 Å². The number of hydrogen-bond donors (Lipinski definition) is 0. The van der Waals surface area contributed by atoms with Crippen molar-refractivity contribution in [3.63, 3.8) is 0 Å². The average molecular weight is 168 g/mol. The second-order valence-electron chi connectivity index (χ2n) is 4.52. The van der Waals surface area contributed by atoms with Gasteiger partial charge in [0.05, 0.1) is 11.3 Å². The molecule has 2 aliphatic heterocycles. The maximum atomic E-state index is 11.3. The van der Waals surface area contributed by atoms with Crippen molar-refractivity contribution in [2.45, 2.75) is 27.2 Å². The zero-order valence-electron chi connectivity index (χ0n) is 7.51. The molecule has 2 heterocycles. The van der Waals surface area contributed by atoms with Gasteiger partial charge in [-0.1, -0.05) is 13.8 Å². The third-order valence-electron chi connectivity index (χ3n) is 3.83. The lowest BCUT2D eigenvalue weighted by molar-refractivity contribution is -0.222. The molecule has 66 valence electrons. The molecule has 1 aliphatic carbocycles. The first kappa shape index (κ1) is 7.77. The summed E-state index contributed by atoms with van der Waals surface area (Å²) in [5.74, 6) is -0.756. The molecule has 3 rings (SSSR count). The van der Waals surface area contributed by atoms with Crippen LogP contribution in [0.5, 0.6) is 0 Å². The van der Waals surface area contributed by atoms with Gasteiger partial charge in [0.25, 0.3) is 0 Å². The molecule has 3 nitrogen and oxygen atoms in total. The van der Waals surface area contributed by atoms with Gasteiger partial charge in [0.15, 0.2) is 0 Å². The van der Waals surface area contributed by atoms with Gasteiger partial charge in [0.2, 0.25) is 0 Å². The minimum atomic E-state index is -0.425. The van der Waals surface area contributed by atoms with Crippen LogP contribution >= 0.6 is 0 Å². The molecule has 0 aromatic carbocycles. The van der Waals surface area contributed by atoms with Gasteiger partial charge in [-0.25, -0.2) is 0 Å². The molecule has 1 saturated carbocycles. The van der Waals surface area contributed by atoms with Gasteiger partial charge in [0.1, 0.15) is 0 Å². The van der Waals surface area contributed by atoms with Gasteiger partial charge < -0.3 is 4.74 Å². The monoisotopic (exact) mass is 168 g/mol. The first-order valence-electron chi connectivity index (χ1n) is 4.16. The second kappa shape index (κ2) is 1.73. The van der Waals surface area contributed by atoms with Gasteiger partial charge in [0, 0.05) is 0 Å². The van der Waals surface area contributed by atoms with E-state index in [1.165, 1.54) is 0 Å². The van der Waals surface area contributed by atoms with E-state index in [1.807, 2.05) is 20.8 Å². The Hall–Kier alpha value is -0.860. The molecule has 0 aromatic rings. The van der Waals surface area contributed by atoms with Gasteiger partial charge in [-0.2, -0.15) is 0 Å². The Morgan fingerprint density at radius 1 is 1.33 bits per heavy atom. The predicted molar refractivity (Wildman–Crippen MR) is 41.1 cm³/mol. The molecule has 0 radical (unpaired) electrons. The lowest BCUT2D eigenvalue weighted by Gasteiger charge is -2.59. The van der Waals surface area contributed by atoms with E-state index in [1.54, 1.807) is 0 Å². The van der Waals surface area contributed by atoms with Crippen LogP contribution < -0.4 is 0 Å². The van der Waals surface area contributed by atoms with E-state index < -0.39 is 5.41 Å². The third kappa shape index (κ3) is 0.551. The highest BCUT2D eigenvalue weighted by molar-refractivity contribution is 5.97. The molecule has 2 saturated heterocycles. The molecular weight excluding hydrogens is 156 g/mol.